The van der Waals surface area contributed by atoms with Gasteiger partial charge in [0.15, 0.2) is 0 Å². The van der Waals surface area contributed by atoms with Gasteiger partial charge in [0, 0.05) is 11.3 Å². The molecule has 3 aromatic carbocycles. The summed E-state index contributed by atoms with van der Waals surface area (Å²) in [5.41, 5.74) is 4.20. The number of benzene rings is 3. The molecular formula is C28H32N2O6S. The van der Waals surface area contributed by atoms with Crippen molar-refractivity contribution in [2.75, 3.05) is 11.8 Å². The van der Waals surface area contributed by atoms with Crippen molar-refractivity contribution in [3.63, 3.8) is 0 Å². The van der Waals surface area contributed by atoms with Crippen LogP contribution in [0.5, 0.6) is 5.75 Å². The third kappa shape index (κ3) is 6.11. The number of anilines is 1. The molecule has 3 N–H and O–H groups in total. The second kappa shape index (κ2) is 11.0. The first-order chi connectivity index (χ1) is 17.4. The molecule has 0 radical (unpaired) electrons. The van der Waals surface area contributed by atoms with Gasteiger partial charge in [-0.05, 0) is 84.8 Å². The van der Waals surface area contributed by atoms with E-state index in [0.717, 1.165) is 16.7 Å². The van der Waals surface area contributed by atoms with Crippen molar-refractivity contribution in [2.24, 2.45) is 5.92 Å². The summed E-state index contributed by atoms with van der Waals surface area (Å²) in [6.45, 7) is 8.76. The minimum Gasteiger partial charge on any atom is -0.496 e. The number of ether oxygens (including phenoxy) is 1. The average molecular weight is 525 g/mol. The van der Waals surface area contributed by atoms with E-state index in [1.165, 1.54) is 0 Å². The lowest BCUT2D eigenvalue weighted by Crippen LogP contribution is -2.44. The predicted octanol–water partition coefficient (Wildman–Crippen LogP) is 4.93. The molecule has 0 aliphatic carbocycles. The number of carboxylic acid groups (broad SMARTS) is 1. The van der Waals surface area contributed by atoms with Gasteiger partial charge >= 0.3 is 5.97 Å². The molecule has 3 rings (SSSR count). The van der Waals surface area contributed by atoms with E-state index in [0.29, 0.717) is 28.1 Å². The fourth-order valence-electron chi connectivity index (χ4n) is 4.17. The molecule has 0 saturated carbocycles. The summed E-state index contributed by atoms with van der Waals surface area (Å²) in [5.74, 6) is -1.19. The summed E-state index contributed by atoms with van der Waals surface area (Å²) in [4.78, 5) is 24.1. The van der Waals surface area contributed by atoms with Gasteiger partial charge in [0.2, 0.25) is 0 Å². The zero-order valence-electron chi connectivity index (χ0n) is 21.7. The first kappa shape index (κ1) is 27.7. The highest BCUT2D eigenvalue weighted by atomic mass is 32.2. The van der Waals surface area contributed by atoms with Gasteiger partial charge in [-0.2, -0.15) is 0 Å². The van der Waals surface area contributed by atoms with Gasteiger partial charge in [0.1, 0.15) is 11.8 Å². The van der Waals surface area contributed by atoms with E-state index in [9.17, 15) is 23.1 Å². The molecule has 0 unspecified atom stereocenters. The summed E-state index contributed by atoms with van der Waals surface area (Å²) >= 11 is 0. The third-order valence-corrected chi connectivity index (χ3v) is 7.95. The maximum atomic E-state index is 13.3. The van der Waals surface area contributed by atoms with E-state index in [1.807, 2.05) is 13.0 Å². The van der Waals surface area contributed by atoms with Crippen LogP contribution in [0.4, 0.5) is 5.69 Å². The van der Waals surface area contributed by atoms with Crippen molar-refractivity contribution < 1.29 is 27.9 Å². The lowest BCUT2D eigenvalue weighted by atomic mass is 10.0. The third-order valence-electron chi connectivity index (χ3n) is 6.28. The fourth-order valence-corrected chi connectivity index (χ4v) is 5.75. The first-order valence-electron chi connectivity index (χ1n) is 11.8. The van der Waals surface area contributed by atoms with E-state index in [-0.39, 0.29) is 10.8 Å². The van der Waals surface area contributed by atoms with Crippen LogP contribution in [0.1, 0.15) is 40.9 Å². The van der Waals surface area contributed by atoms with Gasteiger partial charge in [-0.3, -0.25) is 9.52 Å². The number of amides is 1. The van der Waals surface area contributed by atoms with Gasteiger partial charge in [-0.1, -0.05) is 38.1 Å². The Balaban J connectivity index is 1.84. The lowest BCUT2D eigenvalue weighted by molar-refractivity contribution is -0.140. The molecule has 0 aliphatic heterocycles. The van der Waals surface area contributed by atoms with Crippen molar-refractivity contribution in [3.05, 3.63) is 76.9 Å². The number of nitrogens with one attached hydrogen (secondary N) is 2. The molecular weight excluding hydrogens is 492 g/mol. The van der Waals surface area contributed by atoms with Crippen LogP contribution >= 0.6 is 0 Å². The molecule has 3 aromatic rings. The average Bonchev–Trinajstić information content (AvgIpc) is 2.84. The zero-order valence-corrected chi connectivity index (χ0v) is 22.6. The molecule has 8 nitrogen and oxygen atoms in total. The standard InChI is InChI=1S/C28H32N2O6S/c1-16(2)25(28(32)33)29-27(31)21-12-10-20(11-13-21)22-8-7-9-23(15-22)30-37(34,35)26-17(3)14-24(36-6)18(4)19(26)5/h7-16,25,30H,1-6H3,(H,29,31)(H,32,33)/t25-/m0/s1. The van der Waals surface area contributed by atoms with Crippen LogP contribution in [-0.4, -0.2) is 38.6 Å². The van der Waals surface area contributed by atoms with Gasteiger partial charge in [0.25, 0.3) is 15.9 Å². The smallest absolute Gasteiger partial charge is 0.326 e. The Kier molecular flexibility index (Phi) is 8.28. The molecule has 0 saturated heterocycles. The lowest BCUT2D eigenvalue weighted by Gasteiger charge is -2.18. The first-order valence-corrected chi connectivity index (χ1v) is 13.3. The minimum absolute atomic E-state index is 0.215. The van der Waals surface area contributed by atoms with Gasteiger partial charge in [-0.15, -0.1) is 0 Å². The highest BCUT2D eigenvalue weighted by Gasteiger charge is 2.25. The molecule has 0 spiro atoms. The van der Waals surface area contributed by atoms with Gasteiger partial charge < -0.3 is 15.2 Å². The maximum Gasteiger partial charge on any atom is 0.326 e. The van der Waals surface area contributed by atoms with E-state index >= 15 is 0 Å². The number of carbonyl (C=O) groups excluding carboxylic acids is 1. The Morgan fingerprint density at radius 3 is 2.14 bits per heavy atom. The number of sulfonamides is 1. The highest BCUT2D eigenvalue weighted by molar-refractivity contribution is 7.92. The van der Waals surface area contributed by atoms with Gasteiger partial charge in [0.05, 0.1) is 12.0 Å². The Morgan fingerprint density at radius 1 is 0.919 bits per heavy atom. The van der Waals surface area contributed by atoms with Crippen molar-refractivity contribution in [3.8, 4) is 16.9 Å². The van der Waals surface area contributed by atoms with Crippen LogP contribution in [0, 0.1) is 26.7 Å². The van der Waals surface area contributed by atoms with Crippen molar-refractivity contribution >= 4 is 27.6 Å². The topological polar surface area (TPSA) is 122 Å². The van der Waals surface area contributed by atoms with E-state index in [4.69, 9.17) is 4.74 Å². The van der Waals surface area contributed by atoms with Crippen LogP contribution in [0.15, 0.2) is 59.5 Å². The van der Waals surface area contributed by atoms with Crippen LogP contribution in [0.2, 0.25) is 0 Å². The fraction of sp³-hybridized carbons (Fsp3) is 0.286. The molecule has 9 heteroatoms. The number of carbonyl (C=O) groups is 2. The molecule has 0 heterocycles. The number of carboxylic acids is 1. The van der Waals surface area contributed by atoms with Crippen molar-refractivity contribution in [1.82, 2.24) is 5.32 Å². The molecule has 0 aliphatic rings. The quantitative estimate of drug-likeness (QED) is 0.365. The molecule has 37 heavy (non-hydrogen) atoms. The summed E-state index contributed by atoms with van der Waals surface area (Å²) < 4.78 is 34.6. The molecule has 1 atom stereocenters. The second-order valence-electron chi connectivity index (χ2n) is 9.27. The Bertz CT molecular complexity index is 1430. The predicted molar refractivity (Wildman–Crippen MR) is 144 cm³/mol. The normalized spacial score (nSPS) is 12.2. The van der Waals surface area contributed by atoms with Crippen molar-refractivity contribution in [1.29, 1.82) is 0 Å². The summed E-state index contributed by atoms with van der Waals surface area (Å²) in [5, 5.41) is 11.8. The van der Waals surface area contributed by atoms with Crippen LogP contribution < -0.4 is 14.8 Å². The number of hydrogen-bond donors (Lipinski definition) is 3. The second-order valence-corrected chi connectivity index (χ2v) is 10.9. The van der Waals surface area contributed by atoms with Crippen LogP contribution in [0.25, 0.3) is 11.1 Å². The molecule has 1 amide bonds. The highest BCUT2D eigenvalue weighted by Crippen LogP contribution is 2.32. The molecule has 0 aromatic heterocycles. The summed E-state index contributed by atoms with van der Waals surface area (Å²) in [6.07, 6.45) is 0. The zero-order chi connectivity index (χ0) is 27.5. The number of methoxy groups -OCH3 is 1. The van der Waals surface area contributed by atoms with Crippen LogP contribution in [0.3, 0.4) is 0 Å². The monoisotopic (exact) mass is 524 g/mol. The SMILES string of the molecule is COc1cc(C)c(S(=O)(=O)Nc2cccc(-c3ccc(C(=O)N[C@H](C(=O)O)C(C)C)cc3)c2)c(C)c1C. The largest absolute Gasteiger partial charge is 0.496 e. The molecule has 196 valence electrons. The Labute approximate surface area is 217 Å². The molecule has 0 bridgehead atoms. The minimum atomic E-state index is -3.87. The maximum absolute atomic E-state index is 13.3. The molecule has 0 fully saturated rings. The van der Waals surface area contributed by atoms with E-state index < -0.39 is 27.9 Å². The Hall–Kier alpha value is -3.85. The van der Waals surface area contributed by atoms with Crippen LogP contribution in [-0.2, 0) is 14.8 Å². The summed E-state index contributed by atoms with van der Waals surface area (Å²) in [6, 6.07) is 14.4. The number of aryl methyl sites for hydroxylation is 1. The van der Waals surface area contributed by atoms with E-state index in [1.54, 1.807) is 83.3 Å². The number of rotatable bonds is 9. The van der Waals surface area contributed by atoms with Crippen molar-refractivity contribution in [2.45, 2.75) is 45.6 Å². The number of aliphatic carboxylic acids is 1. The summed E-state index contributed by atoms with van der Waals surface area (Å²) in [7, 11) is -2.32. The van der Waals surface area contributed by atoms with Gasteiger partial charge in [-0.25, -0.2) is 13.2 Å². The van der Waals surface area contributed by atoms with E-state index in [2.05, 4.69) is 10.0 Å². The number of hydrogen-bond acceptors (Lipinski definition) is 5. The Morgan fingerprint density at radius 2 is 1.57 bits per heavy atom.